The molecule has 4 aliphatic rings. The maximum absolute atomic E-state index is 12.5. The third-order valence-corrected chi connectivity index (χ3v) is 7.59. The molecule has 12 heteroatoms. The second kappa shape index (κ2) is 18.2. The van der Waals surface area contributed by atoms with E-state index in [1.165, 1.54) is 0 Å². The van der Waals surface area contributed by atoms with E-state index < -0.39 is 86.7 Å². The van der Waals surface area contributed by atoms with Crippen molar-refractivity contribution in [2.45, 2.75) is 132 Å². The van der Waals surface area contributed by atoms with Crippen molar-refractivity contribution in [2.24, 2.45) is 0 Å². The molecule has 0 spiro atoms. The molecule has 2 bridgehead atoms. The van der Waals surface area contributed by atoms with Crippen LogP contribution in [-0.4, -0.2) is 117 Å². The Bertz CT molecular complexity index is 876. The van der Waals surface area contributed by atoms with Gasteiger partial charge in [-0.25, -0.2) is 0 Å². The van der Waals surface area contributed by atoms with Crippen LogP contribution in [0.3, 0.4) is 0 Å². The number of esters is 1. The highest BCUT2D eigenvalue weighted by atomic mass is 16.8. The van der Waals surface area contributed by atoms with Gasteiger partial charge in [-0.2, -0.15) is 0 Å². The van der Waals surface area contributed by atoms with Crippen LogP contribution in [0.15, 0.2) is 36.5 Å². The summed E-state index contributed by atoms with van der Waals surface area (Å²) >= 11 is 0. The second-order valence-electron chi connectivity index (χ2n) is 11.0. The van der Waals surface area contributed by atoms with Gasteiger partial charge in [-0.05, 0) is 39.0 Å². The van der Waals surface area contributed by atoms with Crippen LogP contribution < -0.4 is 0 Å². The minimum Gasteiger partial charge on any atom is -0.457 e. The number of hydrogen-bond donors (Lipinski definition) is 6. The van der Waals surface area contributed by atoms with E-state index in [4.69, 9.17) is 23.7 Å². The Morgan fingerprint density at radius 2 is 1.29 bits per heavy atom. The minimum absolute atomic E-state index is 0.116. The number of carbonyl (C=O) groups excluding carboxylic acids is 1. The first kappa shape index (κ1) is 34.8. The summed E-state index contributed by atoms with van der Waals surface area (Å²) in [4.78, 5) is 12.5. The minimum atomic E-state index is -1.75. The Hall–Kier alpha value is -1.71. The van der Waals surface area contributed by atoms with Crippen LogP contribution in [0.1, 0.15) is 64.7 Å². The molecule has 0 amide bonds. The highest BCUT2D eigenvalue weighted by Gasteiger charge is 2.52. The third-order valence-electron chi connectivity index (χ3n) is 7.59. The lowest BCUT2D eigenvalue weighted by atomic mass is 9.97. The van der Waals surface area contributed by atoms with Crippen LogP contribution in [0.5, 0.6) is 0 Å². The molecule has 0 aromatic heterocycles. The monoisotopic (exact) mass is 600 g/mol. The number of fused-ring (bicyclic) bond motifs is 17. The van der Waals surface area contributed by atoms with Gasteiger partial charge in [-0.1, -0.05) is 55.7 Å². The quantitative estimate of drug-likeness (QED) is 0.193. The molecular formula is C30H48O12. The normalized spacial score (nSPS) is 40.4. The summed E-state index contributed by atoms with van der Waals surface area (Å²) in [6, 6.07) is 0. The van der Waals surface area contributed by atoms with E-state index in [2.05, 4.69) is 18.2 Å². The smallest absolute Gasteiger partial charge is 0.306 e. The number of allylic oxidation sites excluding steroid dienone is 5. The Kier molecular flexibility index (Phi) is 15.1. The van der Waals surface area contributed by atoms with Gasteiger partial charge in [-0.15, -0.1) is 0 Å². The molecule has 42 heavy (non-hydrogen) atoms. The molecule has 4 aliphatic heterocycles. The molecule has 4 heterocycles. The standard InChI is InChI=1S/C30H48O12/c1-19-15-13-11-9-7-5-3-2-4-6-8-10-12-14-16-22(33)41-27-21(18-32)40-29(26(37)25(27)36)42-28-24(35)23(34)20(17-31)39-30(28)38-19/h2-3,7,9,13,15,19-21,23-32,34-37H,4-6,8,10-12,14,16-18H2,1H3/t19-,20+,21+,23+,24-,25+,26+,27+,28+,29-,30+/m0/s1. The zero-order valence-electron chi connectivity index (χ0n) is 24.2. The van der Waals surface area contributed by atoms with E-state index >= 15 is 0 Å². The van der Waals surface area contributed by atoms with Crippen molar-refractivity contribution < 1.29 is 59.1 Å². The highest BCUT2D eigenvalue weighted by Crippen LogP contribution is 2.31. The van der Waals surface area contributed by atoms with Crippen LogP contribution in [0, 0.1) is 0 Å². The first-order valence-electron chi connectivity index (χ1n) is 15.0. The number of carbonyl (C=O) groups is 1. The average molecular weight is 601 g/mol. The summed E-state index contributed by atoms with van der Waals surface area (Å²) in [6.45, 7) is 0.473. The number of hydrogen-bond acceptors (Lipinski definition) is 12. The number of rotatable bonds is 2. The van der Waals surface area contributed by atoms with E-state index in [1.807, 2.05) is 12.2 Å². The fourth-order valence-corrected chi connectivity index (χ4v) is 5.14. The zero-order valence-corrected chi connectivity index (χ0v) is 24.2. The molecule has 12 nitrogen and oxygen atoms in total. The second-order valence-corrected chi connectivity index (χ2v) is 11.0. The van der Waals surface area contributed by atoms with Gasteiger partial charge in [0, 0.05) is 6.42 Å². The van der Waals surface area contributed by atoms with Gasteiger partial charge in [0.25, 0.3) is 0 Å². The van der Waals surface area contributed by atoms with Crippen LogP contribution in [-0.2, 0) is 28.5 Å². The molecule has 2 fully saturated rings. The molecule has 2 saturated heterocycles. The van der Waals surface area contributed by atoms with E-state index in [9.17, 15) is 35.4 Å². The summed E-state index contributed by atoms with van der Waals surface area (Å²) in [5.41, 5.74) is 0. The maximum Gasteiger partial charge on any atom is 0.306 e. The molecule has 240 valence electrons. The van der Waals surface area contributed by atoms with Crippen molar-refractivity contribution in [3.63, 3.8) is 0 Å². The molecule has 6 N–H and O–H groups in total. The predicted octanol–water partition coefficient (Wildman–Crippen LogP) is 0.760. The predicted molar refractivity (Wildman–Crippen MR) is 150 cm³/mol. The lowest BCUT2D eigenvalue weighted by Gasteiger charge is -2.46. The Morgan fingerprint density at radius 3 is 2.02 bits per heavy atom. The molecule has 0 aromatic carbocycles. The Morgan fingerprint density at radius 1 is 0.667 bits per heavy atom. The van der Waals surface area contributed by atoms with Crippen molar-refractivity contribution in [3.05, 3.63) is 36.5 Å². The third kappa shape index (κ3) is 10.2. The fraction of sp³-hybridized carbons (Fsp3) is 0.767. The van der Waals surface area contributed by atoms with Crippen molar-refractivity contribution in [1.82, 2.24) is 0 Å². The lowest BCUT2D eigenvalue weighted by Crippen LogP contribution is -2.65. The topological polar surface area (TPSA) is 185 Å². The van der Waals surface area contributed by atoms with E-state index in [0.29, 0.717) is 12.8 Å². The summed E-state index contributed by atoms with van der Waals surface area (Å²) < 4.78 is 28.5. The molecule has 0 aromatic rings. The number of ether oxygens (including phenoxy) is 5. The lowest BCUT2D eigenvalue weighted by molar-refractivity contribution is -0.369. The maximum atomic E-state index is 12.5. The van der Waals surface area contributed by atoms with Crippen molar-refractivity contribution >= 4 is 5.97 Å². The zero-order chi connectivity index (χ0) is 30.5. The Labute approximate surface area is 247 Å². The van der Waals surface area contributed by atoms with E-state index in [0.717, 1.165) is 38.5 Å². The molecule has 0 aliphatic carbocycles. The first-order chi connectivity index (χ1) is 20.3. The molecular weight excluding hydrogens is 552 g/mol. The van der Waals surface area contributed by atoms with Gasteiger partial charge in [0.15, 0.2) is 18.7 Å². The SMILES string of the molecule is C[C@H]1C=CCC=CCC=CCCCCCCCC(=O)O[C@H]2[C@H](O)[C@@H](O)[C@H](O[C@H]3[C@H](O1)O[C@H](CO)[C@@H](O)[C@@H]3O)O[C@@H]2CO. The number of aliphatic hydroxyl groups excluding tert-OH is 6. The largest absolute Gasteiger partial charge is 0.457 e. The van der Waals surface area contributed by atoms with Gasteiger partial charge >= 0.3 is 5.97 Å². The first-order valence-corrected chi connectivity index (χ1v) is 15.0. The van der Waals surface area contributed by atoms with Crippen LogP contribution >= 0.6 is 0 Å². The van der Waals surface area contributed by atoms with Gasteiger partial charge < -0.3 is 54.3 Å². The van der Waals surface area contributed by atoms with E-state index in [1.54, 1.807) is 13.0 Å². The number of aliphatic hydroxyl groups is 6. The van der Waals surface area contributed by atoms with Gasteiger partial charge in [0.1, 0.15) is 42.7 Å². The average Bonchev–Trinajstić information content (AvgIpc) is 2.97. The van der Waals surface area contributed by atoms with Gasteiger partial charge in [0.05, 0.1) is 19.3 Å². The van der Waals surface area contributed by atoms with Crippen LogP contribution in [0.4, 0.5) is 0 Å². The van der Waals surface area contributed by atoms with E-state index in [-0.39, 0.29) is 6.42 Å². The summed E-state index contributed by atoms with van der Waals surface area (Å²) in [7, 11) is 0. The summed E-state index contributed by atoms with van der Waals surface area (Å²) in [6.07, 6.45) is 3.99. The van der Waals surface area contributed by atoms with Gasteiger partial charge in [-0.3, -0.25) is 4.79 Å². The summed E-state index contributed by atoms with van der Waals surface area (Å²) in [5, 5.41) is 62.5. The van der Waals surface area contributed by atoms with Crippen molar-refractivity contribution in [3.8, 4) is 0 Å². The van der Waals surface area contributed by atoms with Crippen molar-refractivity contribution in [2.75, 3.05) is 13.2 Å². The summed E-state index contributed by atoms with van der Waals surface area (Å²) in [5.74, 6) is -0.588. The molecule has 11 atom stereocenters. The van der Waals surface area contributed by atoms with Crippen molar-refractivity contribution in [1.29, 1.82) is 0 Å². The van der Waals surface area contributed by atoms with Gasteiger partial charge in [0.2, 0.25) is 0 Å². The molecule has 4 rings (SSSR count). The fourth-order valence-electron chi connectivity index (χ4n) is 5.14. The molecule has 0 saturated carbocycles. The van der Waals surface area contributed by atoms with Crippen LogP contribution in [0.2, 0.25) is 0 Å². The molecule has 0 radical (unpaired) electrons. The Balaban J connectivity index is 1.77. The van der Waals surface area contributed by atoms with Crippen LogP contribution in [0.25, 0.3) is 0 Å². The highest BCUT2D eigenvalue weighted by molar-refractivity contribution is 5.69. The molecule has 0 unspecified atom stereocenters.